The summed E-state index contributed by atoms with van der Waals surface area (Å²) in [5.74, 6) is -1.62. The van der Waals surface area contributed by atoms with Crippen molar-refractivity contribution in [2.24, 2.45) is 11.5 Å². The first-order valence-electron chi connectivity index (χ1n) is 13.1. The first-order chi connectivity index (χ1) is 20.0. The molecule has 5 N–H and O–H groups in total. The number of ether oxygens (including phenoxy) is 2. The van der Waals surface area contributed by atoms with Gasteiger partial charge < -0.3 is 30.7 Å². The zero-order valence-corrected chi connectivity index (χ0v) is 23.4. The van der Waals surface area contributed by atoms with Gasteiger partial charge in [0.1, 0.15) is 35.0 Å². The van der Waals surface area contributed by atoms with Crippen molar-refractivity contribution in [3.05, 3.63) is 95.2 Å². The summed E-state index contributed by atoms with van der Waals surface area (Å²) in [6.45, 7) is 7.53. The Morgan fingerprint density at radius 3 is 2.57 bits per heavy atom. The van der Waals surface area contributed by atoms with Gasteiger partial charge in [-0.15, -0.1) is 6.58 Å². The van der Waals surface area contributed by atoms with Gasteiger partial charge in [0, 0.05) is 36.0 Å². The number of hydrogen-bond donors (Lipinski definition) is 3. The number of nitrogens with two attached hydrogens (primary N) is 2. The number of carbonyl (C=O) groups excluding carboxylic acids is 3. The molecule has 1 aliphatic rings. The highest BCUT2D eigenvalue weighted by molar-refractivity contribution is 5.99. The number of aromatic nitrogens is 2. The lowest BCUT2D eigenvalue weighted by atomic mass is 9.82. The molecule has 10 nitrogen and oxygen atoms in total. The van der Waals surface area contributed by atoms with E-state index < -0.39 is 34.9 Å². The van der Waals surface area contributed by atoms with E-state index in [1.165, 1.54) is 19.2 Å². The molecule has 5 rings (SSSR count). The molecule has 42 heavy (non-hydrogen) atoms. The van der Waals surface area contributed by atoms with Crippen LogP contribution in [0.4, 0.5) is 4.39 Å². The average Bonchev–Trinajstić information content (AvgIpc) is 3.50. The molecule has 0 spiro atoms. The van der Waals surface area contributed by atoms with Crippen molar-refractivity contribution in [3.63, 3.8) is 0 Å². The highest BCUT2D eigenvalue weighted by Gasteiger charge is 2.44. The van der Waals surface area contributed by atoms with Gasteiger partial charge in [-0.25, -0.2) is 9.37 Å². The Kier molecular flexibility index (Phi) is 7.19. The van der Waals surface area contributed by atoms with E-state index in [0.717, 1.165) is 0 Å². The molecular formula is C31H30FN5O5. The Labute approximate surface area is 241 Å². The fraction of sp³-hybridized carbons (Fsp3) is 0.226. The predicted molar refractivity (Wildman–Crippen MR) is 154 cm³/mol. The Balaban J connectivity index is 1.49. The second-order valence-corrected chi connectivity index (χ2v) is 10.4. The van der Waals surface area contributed by atoms with E-state index in [1.54, 1.807) is 61.0 Å². The molecule has 0 radical (unpaired) electrons. The molecule has 0 bridgehead atoms. The number of primary amides is 2. The number of nitrogens with one attached hydrogen (secondary N) is 1. The van der Waals surface area contributed by atoms with Gasteiger partial charge in [0.05, 0.1) is 29.4 Å². The van der Waals surface area contributed by atoms with Gasteiger partial charge in [-0.05, 0) is 55.8 Å². The SMILES string of the molecule is C=CC(CNC(=O)c1cc(OC)c2c(C)c(C(N)=O)cn2c1)c1cc2c(c(-c3ccc(F)cc3)n1)OCC2(C)C(N)=O. The number of carbonyl (C=O) groups is 3. The van der Waals surface area contributed by atoms with Crippen molar-refractivity contribution in [1.29, 1.82) is 0 Å². The highest BCUT2D eigenvalue weighted by atomic mass is 19.1. The third kappa shape index (κ3) is 4.72. The molecule has 0 saturated carbocycles. The number of amides is 3. The molecule has 4 heterocycles. The minimum atomic E-state index is -1.11. The van der Waals surface area contributed by atoms with Crippen molar-refractivity contribution < 1.29 is 28.2 Å². The van der Waals surface area contributed by atoms with Crippen LogP contribution in [0, 0.1) is 12.7 Å². The molecule has 2 unspecified atom stereocenters. The van der Waals surface area contributed by atoms with Crippen LogP contribution in [0.3, 0.4) is 0 Å². The van der Waals surface area contributed by atoms with Crippen molar-refractivity contribution in [1.82, 2.24) is 14.7 Å². The monoisotopic (exact) mass is 571 g/mol. The zero-order valence-electron chi connectivity index (χ0n) is 23.4. The van der Waals surface area contributed by atoms with Crippen molar-refractivity contribution in [3.8, 4) is 22.8 Å². The largest absolute Gasteiger partial charge is 0.495 e. The lowest BCUT2D eigenvalue weighted by Crippen LogP contribution is -2.39. The maximum Gasteiger partial charge on any atom is 0.252 e. The molecule has 3 amide bonds. The number of rotatable bonds is 9. The molecule has 2 atom stereocenters. The van der Waals surface area contributed by atoms with Gasteiger partial charge in [-0.2, -0.15) is 0 Å². The van der Waals surface area contributed by atoms with E-state index in [-0.39, 0.29) is 18.7 Å². The summed E-state index contributed by atoms with van der Waals surface area (Å²) in [5.41, 5.74) is 14.1. The number of methoxy groups -OCH3 is 1. The van der Waals surface area contributed by atoms with Crippen LogP contribution in [0.1, 0.15) is 50.4 Å². The van der Waals surface area contributed by atoms with Crippen LogP contribution in [0.25, 0.3) is 16.8 Å². The number of hydrogen-bond acceptors (Lipinski definition) is 6. The van der Waals surface area contributed by atoms with Crippen LogP contribution in [0.2, 0.25) is 0 Å². The average molecular weight is 572 g/mol. The minimum absolute atomic E-state index is 0.0349. The van der Waals surface area contributed by atoms with Gasteiger partial charge in [-0.3, -0.25) is 14.4 Å². The van der Waals surface area contributed by atoms with Crippen LogP contribution in [0.5, 0.6) is 11.5 Å². The van der Waals surface area contributed by atoms with Gasteiger partial charge >= 0.3 is 0 Å². The zero-order chi connectivity index (χ0) is 30.3. The maximum atomic E-state index is 13.7. The van der Waals surface area contributed by atoms with Gasteiger partial charge in [0.15, 0.2) is 0 Å². The summed E-state index contributed by atoms with van der Waals surface area (Å²) < 4.78 is 26.7. The van der Waals surface area contributed by atoms with Crippen LogP contribution in [0.15, 0.2) is 61.4 Å². The molecule has 1 aliphatic heterocycles. The summed E-state index contributed by atoms with van der Waals surface area (Å²) in [4.78, 5) is 42.4. The number of pyridine rings is 2. The normalized spacial score (nSPS) is 16.4. The third-order valence-corrected chi connectivity index (χ3v) is 7.73. The molecule has 0 saturated heterocycles. The van der Waals surface area contributed by atoms with E-state index in [9.17, 15) is 18.8 Å². The smallest absolute Gasteiger partial charge is 0.252 e. The summed E-state index contributed by atoms with van der Waals surface area (Å²) in [7, 11) is 1.48. The first kappa shape index (κ1) is 28.3. The van der Waals surface area contributed by atoms with Crippen molar-refractivity contribution in [2.75, 3.05) is 20.3 Å². The summed E-state index contributed by atoms with van der Waals surface area (Å²) in [6, 6.07) is 9.10. The second-order valence-electron chi connectivity index (χ2n) is 10.4. The quantitative estimate of drug-likeness (QED) is 0.262. The van der Waals surface area contributed by atoms with E-state index in [0.29, 0.717) is 50.7 Å². The van der Waals surface area contributed by atoms with Gasteiger partial charge in [0.25, 0.3) is 11.8 Å². The number of halogens is 1. The lowest BCUT2D eigenvalue weighted by Gasteiger charge is -2.21. The van der Waals surface area contributed by atoms with Crippen LogP contribution in [-0.2, 0) is 10.2 Å². The second kappa shape index (κ2) is 10.7. The third-order valence-electron chi connectivity index (χ3n) is 7.73. The summed E-state index contributed by atoms with van der Waals surface area (Å²) in [6.07, 6.45) is 4.78. The molecule has 4 aromatic rings. The Bertz CT molecular complexity index is 1760. The Hall–Kier alpha value is -5.19. The van der Waals surface area contributed by atoms with Crippen LogP contribution >= 0.6 is 0 Å². The number of fused-ring (bicyclic) bond motifs is 2. The molecule has 0 aliphatic carbocycles. The predicted octanol–water partition coefficient (Wildman–Crippen LogP) is 3.39. The van der Waals surface area contributed by atoms with Crippen LogP contribution in [-0.4, -0.2) is 47.4 Å². The fourth-order valence-corrected chi connectivity index (χ4v) is 5.17. The van der Waals surface area contributed by atoms with Crippen LogP contribution < -0.4 is 26.3 Å². The number of nitrogens with zero attached hydrogens (tertiary/aromatic N) is 2. The van der Waals surface area contributed by atoms with E-state index in [4.69, 9.17) is 25.9 Å². The standard InChI is InChI=1S/C31H30FN5O5/c1-5-17(12-35-29(39)19-10-24(41-4)26-16(2)21(28(33)38)14-37(26)13-19)23-11-22-27(42-15-31(22,3)30(34)40)25(36-23)18-6-8-20(32)9-7-18/h5-11,13-14,17H,1,12,15H2,2-4H3,(H2,33,38)(H2,34,40)(H,35,39). The Morgan fingerprint density at radius 2 is 1.95 bits per heavy atom. The number of aryl methyl sites for hydroxylation is 1. The lowest BCUT2D eigenvalue weighted by molar-refractivity contribution is -0.123. The molecule has 0 fully saturated rings. The molecule has 3 aromatic heterocycles. The first-order valence-corrected chi connectivity index (χ1v) is 13.1. The van der Waals surface area contributed by atoms with E-state index >= 15 is 0 Å². The molecular weight excluding hydrogens is 541 g/mol. The minimum Gasteiger partial charge on any atom is -0.495 e. The van der Waals surface area contributed by atoms with Gasteiger partial charge in [0.2, 0.25) is 5.91 Å². The molecule has 216 valence electrons. The van der Waals surface area contributed by atoms with Crippen molar-refractivity contribution in [2.45, 2.75) is 25.2 Å². The molecule has 1 aromatic carbocycles. The van der Waals surface area contributed by atoms with Gasteiger partial charge in [-0.1, -0.05) is 6.08 Å². The van der Waals surface area contributed by atoms with E-state index in [2.05, 4.69) is 11.9 Å². The topological polar surface area (TPSA) is 151 Å². The summed E-state index contributed by atoms with van der Waals surface area (Å²) in [5, 5.41) is 2.90. The summed E-state index contributed by atoms with van der Waals surface area (Å²) >= 11 is 0. The Morgan fingerprint density at radius 1 is 1.24 bits per heavy atom. The molecule has 11 heteroatoms. The number of benzene rings is 1. The van der Waals surface area contributed by atoms with Crippen molar-refractivity contribution >= 4 is 23.2 Å². The maximum absolute atomic E-state index is 13.7. The highest BCUT2D eigenvalue weighted by Crippen LogP contribution is 2.45. The fourth-order valence-electron chi connectivity index (χ4n) is 5.17. The van der Waals surface area contributed by atoms with E-state index in [1.807, 2.05) is 0 Å².